The highest BCUT2D eigenvalue weighted by atomic mass is 32.1. The molecule has 0 spiro atoms. The fourth-order valence-corrected chi connectivity index (χ4v) is 9.80. The van der Waals surface area contributed by atoms with Gasteiger partial charge in [0.15, 0.2) is 0 Å². The average molecular weight is 684 g/mol. The molecule has 0 fully saturated rings. The number of benzene rings is 8. The summed E-state index contributed by atoms with van der Waals surface area (Å²) in [4.78, 5) is 2.43. The molecule has 0 unspecified atom stereocenters. The second-order valence-corrected chi connectivity index (χ2v) is 15.6. The van der Waals surface area contributed by atoms with Gasteiger partial charge in [0.2, 0.25) is 0 Å². The summed E-state index contributed by atoms with van der Waals surface area (Å²) in [5.74, 6) is 0. The highest BCUT2D eigenvalue weighted by molar-refractivity contribution is 7.25. The van der Waals surface area contributed by atoms with Gasteiger partial charge in [0.1, 0.15) is 11.2 Å². The van der Waals surface area contributed by atoms with Crippen LogP contribution < -0.4 is 4.90 Å². The zero-order chi connectivity index (χ0) is 34.6. The van der Waals surface area contributed by atoms with Crippen molar-refractivity contribution in [1.29, 1.82) is 0 Å². The standard InChI is InChI=1S/C49H33NOS/c1-49(2)42-15-7-5-12-37(42)38-26-23-34(29-43(38)49)50(33-24-27-46-41(28-33)39-13-6-8-17-45(39)52-46)32-21-18-31(19-22-32)35-14-9-16-44-47(35)40-25-20-30-10-3-4-11-36(30)48(40)51-44/h3-29H,1-2H3. The number of furan rings is 1. The SMILES string of the molecule is CC1(C)c2ccccc2-c2ccc(N(c3ccc(-c4cccc5oc6c7ccccc7ccc6c45)cc3)c3ccc4sc5ccccc5c4c3)cc21. The first-order valence-corrected chi connectivity index (χ1v) is 18.7. The molecule has 3 heteroatoms. The number of fused-ring (bicyclic) bond motifs is 11. The Balaban J connectivity index is 1.08. The Kier molecular flexibility index (Phi) is 6.21. The van der Waals surface area contributed by atoms with Crippen molar-refractivity contribution in [3.05, 3.63) is 175 Å². The molecule has 2 nitrogen and oxygen atoms in total. The van der Waals surface area contributed by atoms with Gasteiger partial charge in [0, 0.05) is 58.8 Å². The molecule has 11 rings (SSSR count). The van der Waals surface area contributed by atoms with Gasteiger partial charge in [0.05, 0.1) is 0 Å². The largest absolute Gasteiger partial charge is 0.455 e. The third-order valence-corrected chi connectivity index (χ3v) is 12.4. The number of thiophene rings is 1. The lowest BCUT2D eigenvalue weighted by Crippen LogP contribution is -2.16. The number of nitrogens with zero attached hydrogens (tertiary/aromatic N) is 1. The van der Waals surface area contributed by atoms with E-state index in [-0.39, 0.29) is 5.41 Å². The van der Waals surface area contributed by atoms with Gasteiger partial charge in [-0.15, -0.1) is 11.3 Å². The first kappa shape index (κ1) is 29.6. The van der Waals surface area contributed by atoms with Crippen molar-refractivity contribution in [2.75, 3.05) is 4.90 Å². The first-order chi connectivity index (χ1) is 25.5. The van der Waals surface area contributed by atoms with Crippen LogP contribution in [0.1, 0.15) is 25.0 Å². The summed E-state index contributed by atoms with van der Waals surface area (Å²) in [6, 6.07) is 59.9. The summed E-state index contributed by atoms with van der Waals surface area (Å²) in [5.41, 5.74) is 12.9. The topological polar surface area (TPSA) is 16.4 Å². The normalized spacial score (nSPS) is 13.3. The van der Waals surface area contributed by atoms with Gasteiger partial charge in [-0.1, -0.05) is 117 Å². The van der Waals surface area contributed by atoms with E-state index in [2.05, 4.69) is 183 Å². The molecule has 246 valence electrons. The van der Waals surface area contributed by atoms with Crippen molar-refractivity contribution in [3.8, 4) is 22.3 Å². The van der Waals surface area contributed by atoms with E-state index >= 15 is 0 Å². The maximum Gasteiger partial charge on any atom is 0.143 e. The molecule has 8 aromatic carbocycles. The predicted octanol–water partition coefficient (Wildman–Crippen LogP) is 14.6. The second kappa shape index (κ2) is 10.9. The highest BCUT2D eigenvalue weighted by Gasteiger charge is 2.35. The maximum atomic E-state index is 6.53. The Morgan fingerprint density at radius 1 is 0.481 bits per heavy atom. The van der Waals surface area contributed by atoms with Crippen LogP contribution in [0, 0.1) is 0 Å². The van der Waals surface area contributed by atoms with Crippen LogP contribution in [0.5, 0.6) is 0 Å². The minimum atomic E-state index is -0.0949. The first-order valence-electron chi connectivity index (χ1n) is 17.9. The fraction of sp³-hybridized carbons (Fsp3) is 0.0612. The third-order valence-electron chi connectivity index (χ3n) is 11.3. The molecule has 0 aliphatic heterocycles. The van der Waals surface area contributed by atoms with Crippen LogP contribution in [0.15, 0.2) is 168 Å². The van der Waals surface area contributed by atoms with Crippen molar-refractivity contribution in [2.45, 2.75) is 19.3 Å². The molecule has 2 heterocycles. The Labute approximate surface area is 305 Å². The minimum absolute atomic E-state index is 0.0949. The maximum absolute atomic E-state index is 6.53. The van der Waals surface area contributed by atoms with Crippen LogP contribution in [0.3, 0.4) is 0 Å². The van der Waals surface area contributed by atoms with Crippen molar-refractivity contribution in [3.63, 3.8) is 0 Å². The molecule has 0 amide bonds. The lowest BCUT2D eigenvalue weighted by atomic mass is 9.82. The number of rotatable bonds is 4. The molecule has 0 N–H and O–H groups in total. The van der Waals surface area contributed by atoms with E-state index in [1.807, 2.05) is 11.3 Å². The van der Waals surface area contributed by atoms with E-state index in [0.717, 1.165) is 50.0 Å². The van der Waals surface area contributed by atoms with Crippen molar-refractivity contribution in [2.24, 2.45) is 0 Å². The second-order valence-electron chi connectivity index (χ2n) is 14.5. The van der Waals surface area contributed by atoms with E-state index in [9.17, 15) is 0 Å². The molecular formula is C49H33NOS. The molecule has 10 aromatic rings. The van der Waals surface area contributed by atoms with Gasteiger partial charge in [-0.05, 0) is 99.4 Å². The summed E-state index contributed by atoms with van der Waals surface area (Å²) >= 11 is 1.86. The van der Waals surface area contributed by atoms with E-state index in [1.54, 1.807) is 0 Å². The van der Waals surface area contributed by atoms with Gasteiger partial charge < -0.3 is 9.32 Å². The Hall–Kier alpha value is -6.16. The summed E-state index contributed by atoms with van der Waals surface area (Å²) in [5, 5.41) is 7.23. The van der Waals surface area contributed by atoms with E-state index in [0.29, 0.717) is 0 Å². The third kappa shape index (κ3) is 4.23. The van der Waals surface area contributed by atoms with Crippen LogP contribution in [0.2, 0.25) is 0 Å². The summed E-state index contributed by atoms with van der Waals surface area (Å²) in [6.07, 6.45) is 0. The molecule has 52 heavy (non-hydrogen) atoms. The smallest absolute Gasteiger partial charge is 0.143 e. The van der Waals surface area contributed by atoms with Crippen LogP contribution in [-0.2, 0) is 5.41 Å². The Bertz CT molecular complexity index is 3050. The van der Waals surface area contributed by atoms with Gasteiger partial charge >= 0.3 is 0 Å². The zero-order valence-corrected chi connectivity index (χ0v) is 29.7. The molecule has 0 atom stereocenters. The average Bonchev–Trinajstić information content (AvgIpc) is 3.83. The quantitative estimate of drug-likeness (QED) is 0.184. The summed E-state index contributed by atoms with van der Waals surface area (Å²) in [6.45, 7) is 4.71. The van der Waals surface area contributed by atoms with E-state index in [4.69, 9.17) is 4.42 Å². The molecular weight excluding hydrogens is 651 g/mol. The lowest BCUT2D eigenvalue weighted by Gasteiger charge is -2.28. The van der Waals surface area contributed by atoms with Crippen LogP contribution >= 0.6 is 11.3 Å². The number of hydrogen-bond donors (Lipinski definition) is 0. The summed E-state index contributed by atoms with van der Waals surface area (Å²) < 4.78 is 9.15. The molecule has 1 aliphatic rings. The summed E-state index contributed by atoms with van der Waals surface area (Å²) in [7, 11) is 0. The van der Waals surface area contributed by atoms with Crippen LogP contribution in [0.4, 0.5) is 17.1 Å². The number of hydrogen-bond acceptors (Lipinski definition) is 3. The predicted molar refractivity (Wildman–Crippen MR) is 222 cm³/mol. The highest BCUT2D eigenvalue weighted by Crippen LogP contribution is 2.51. The van der Waals surface area contributed by atoms with Crippen molar-refractivity contribution < 1.29 is 4.42 Å². The molecule has 1 aliphatic carbocycles. The van der Waals surface area contributed by atoms with Crippen LogP contribution in [-0.4, -0.2) is 0 Å². The lowest BCUT2D eigenvalue weighted by molar-refractivity contribution is 0.660. The van der Waals surface area contributed by atoms with Gasteiger partial charge in [-0.3, -0.25) is 0 Å². The monoisotopic (exact) mass is 683 g/mol. The molecule has 0 radical (unpaired) electrons. The van der Waals surface area contributed by atoms with Gasteiger partial charge in [-0.2, -0.15) is 0 Å². The van der Waals surface area contributed by atoms with Gasteiger partial charge in [0.25, 0.3) is 0 Å². The molecule has 0 saturated carbocycles. The molecule has 2 aromatic heterocycles. The van der Waals surface area contributed by atoms with E-state index < -0.39 is 0 Å². The van der Waals surface area contributed by atoms with Crippen molar-refractivity contribution in [1.82, 2.24) is 0 Å². The zero-order valence-electron chi connectivity index (χ0n) is 28.9. The van der Waals surface area contributed by atoms with E-state index in [1.165, 1.54) is 53.4 Å². The number of anilines is 3. The molecule has 0 bridgehead atoms. The van der Waals surface area contributed by atoms with Gasteiger partial charge in [-0.25, -0.2) is 0 Å². The van der Waals surface area contributed by atoms with Crippen molar-refractivity contribution >= 4 is 81.3 Å². The minimum Gasteiger partial charge on any atom is -0.455 e. The Morgan fingerprint density at radius 3 is 2.08 bits per heavy atom. The van der Waals surface area contributed by atoms with Crippen LogP contribution in [0.25, 0.3) is 75.1 Å². The molecule has 0 saturated heterocycles. The fourth-order valence-electron chi connectivity index (χ4n) is 8.72. The Morgan fingerprint density at radius 2 is 1.17 bits per heavy atom.